The van der Waals surface area contributed by atoms with Crippen LogP contribution >= 0.6 is 0 Å². The minimum atomic E-state index is -3.56. The molecule has 24 heavy (non-hydrogen) atoms. The molecular formula is C18H20N2O3S. The SMILES string of the molecule is CN1c2ccc(C(=O)NC(C)(C)C)cc2-c2ccccc2S1(=O)=O. The summed E-state index contributed by atoms with van der Waals surface area (Å²) < 4.78 is 26.5. The number of hydrogen-bond acceptors (Lipinski definition) is 3. The van der Waals surface area contributed by atoms with E-state index < -0.39 is 10.0 Å². The summed E-state index contributed by atoms with van der Waals surface area (Å²) in [6.07, 6.45) is 0. The van der Waals surface area contributed by atoms with Crippen molar-refractivity contribution in [3.05, 3.63) is 48.0 Å². The van der Waals surface area contributed by atoms with Gasteiger partial charge in [-0.1, -0.05) is 18.2 Å². The molecule has 2 aromatic carbocycles. The van der Waals surface area contributed by atoms with Crippen molar-refractivity contribution in [3.8, 4) is 11.1 Å². The van der Waals surface area contributed by atoms with Crippen LogP contribution in [0.1, 0.15) is 31.1 Å². The number of anilines is 1. The third-order valence-corrected chi connectivity index (χ3v) is 5.73. The normalized spacial score (nSPS) is 15.4. The van der Waals surface area contributed by atoms with Crippen LogP contribution in [0.2, 0.25) is 0 Å². The zero-order valence-corrected chi connectivity index (χ0v) is 14.9. The molecule has 126 valence electrons. The number of benzene rings is 2. The molecule has 1 aliphatic heterocycles. The van der Waals surface area contributed by atoms with Gasteiger partial charge in [-0.15, -0.1) is 0 Å². The number of hydrogen-bond donors (Lipinski definition) is 1. The Morgan fingerprint density at radius 1 is 1.04 bits per heavy atom. The molecule has 0 atom stereocenters. The summed E-state index contributed by atoms with van der Waals surface area (Å²) in [6.45, 7) is 5.75. The van der Waals surface area contributed by atoms with Crippen LogP contribution in [0.25, 0.3) is 11.1 Å². The van der Waals surface area contributed by atoms with Crippen LogP contribution in [0.5, 0.6) is 0 Å². The number of sulfonamides is 1. The van der Waals surface area contributed by atoms with E-state index in [0.717, 1.165) is 5.56 Å². The first-order valence-electron chi connectivity index (χ1n) is 7.66. The van der Waals surface area contributed by atoms with Gasteiger partial charge in [-0.3, -0.25) is 9.10 Å². The third kappa shape index (κ3) is 2.67. The van der Waals surface area contributed by atoms with Gasteiger partial charge in [0.2, 0.25) is 0 Å². The molecule has 0 aromatic heterocycles. The number of carbonyl (C=O) groups excluding carboxylic acids is 1. The summed E-state index contributed by atoms with van der Waals surface area (Å²) in [5, 5.41) is 2.92. The first kappa shape index (κ1) is 16.5. The van der Waals surface area contributed by atoms with E-state index in [9.17, 15) is 13.2 Å². The summed E-state index contributed by atoms with van der Waals surface area (Å²) >= 11 is 0. The van der Waals surface area contributed by atoms with Gasteiger partial charge in [0.25, 0.3) is 15.9 Å². The molecule has 1 aliphatic rings. The van der Waals surface area contributed by atoms with E-state index >= 15 is 0 Å². The Kier molecular flexibility index (Phi) is 3.68. The van der Waals surface area contributed by atoms with Crippen LogP contribution in [0.4, 0.5) is 5.69 Å². The summed E-state index contributed by atoms with van der Waals surface area (Å²) in [7, 11) is -2.04. The van der Waals surface area contributed by atoms with E-state index in [1.54, 1.807) is 42.5 Å². The second-order valence-electron chi connectivity index (χ2n) is 6.90. The molecule has 1 heterocycles. The maximum Gasteiger partial charge on any atom is 0.264 e. The number of carbonyl (C=O) groups is 1. The Balaban J connectivity index is 2.16. The van der Waals surface area contributed by atoms with Crippen LogP contribution in [-0.4, -0.2) is 26.9 Å². The summed E-state index contributed by atoms with van der Waals surface area (Å²) in [5.41, 5.74) is 2.10. The molecule has 0 bridgehead atoms. The van der Waals surface area contributed by atoms with Gasteiger partial charge in [0, 0.05) is 29.3 Å². The highest BCUT2D eigenvalue weighted by Gasteiger charge is 2.32. The summed E-state index contributed by atoms with van der Waals surface area (Å²) in [4.78, 5) is 12.7. The van der Waals surface area contributed by atoms with E-state index in [1.165, 1.54) is 11.4 Å². The zero-order chi connectivity index (χ0) is 17.7. The highest BCUT2D eigenvalue weighted by atomic mass is 32.2. The van der Waals surface area contributed by atoms with E-state index in [1.807, 2.05) is 20.8 Å². The zero-order valence-electron chi connectivity index (χ0n) is 14.1. The predicted octanol–water partition coefficient (Wildman–Crippen LogP) is 3.02. The number of rotatable bonds is 1. The lowest BCUT2D eigenvalue weighted by Gasteiger charge is -2.29. The van der Waals surface area contributed by atoms with Gasteiger partial charge in [0.1, 0.15) is 0 Å². The molecule has 5 nitrogen and oxygen atoms in total. The maximum absolute atomic E-state index is 12.6. The first-order chi connectivity index (χ1) is 11.1. The molecular weight excluding hydrogens is 324 g/mol. The van der Waals surface area contributed by atoms with Crippen molar-refractivity contribution < 1.29 is 13.2 Å². The Labute approximate surface area is 142 Å². The molecule has 0 spiro atoms. The van der Waals surface area contributed by atoms with E-state index in [2.05, 4.69) is 5.32 Å². The molecule has 0 unspecified atom stereocenters. The van der Waals surface area contributed by atoms with Gasteiger partial charge in [-0.2, -0.15) is 0 Å². The van der Waals surface area contributed by atoms with Crippen molar-refractivity contribution in [2.24, 2.45) is 0 Å². The van der Waals surface area contributed by atoms with Gasteiger partial charge < -0.3 is 5.32 Å². The molecule has 0 fully saturated rings. The number of nitrogens with zero attached hydrogens (tertiary/aromatic N) is 1. The van der Waals surface area contributed by atoms with Crippen LogP contribution in [0.3, 0.4) is 0 Å². The van der Waals surface area contributed by atoms with Crippen molar-refractivity contribution in [2.45, 2.75) is 31.2 Å². The van der Waals surface area contributed by atoms with Crippen LogP contribution in [0, 0.1) is 0 Å². The molecule has 0 radical (unpaired) electrons. The fourth-order valence-electron chi connectivity index (χ4n) is 2.77. The van der Waals surface area contributed by atoms with Crippen LogP contribution in [-0.2, 0) is 10.0 Å². The predicted molar refractivity (Wildman–Crippen MR) is 94.7 cm³/mol. The number of fused-ring (bicyclic) bond motifs is 3. The van der Waals surface area contributed by atoms with Crippen molar-refractivity contribution in [3.63, 3.8) is 0 Å². The smallest absolute Gasteiger partial charge is 0.264 e. The Hall–Kier alpha value is -2.34. The lowest BCUT2D eigenvalue weighted by Crippen LogP contribution is -2.40. The highest BCUT2D eigenvalue weighted by Crippen LogP contribution is 2.42. The van der Waals surface area contributed by atoms with E-state index in [4.69, 9.17) is 0 Å². The van der Waals surface area contributed by atoms with Crippen LogP contribution < -0.4 is 9.62 Å². The average molecular weight is 344 g/mol. The van der Waals surface area contributed by atoms with Gasteiger partial charge in [-0.05, 0) is 45.0 Å². The number of nitrogens with one attached hydrogen (secondary N) is 1. The van der Waals surface area contributed by atoms with Crippen molar-refractivity contribution in [1.29, 1.82) is 0 Å². The molecule has 1 N–H and O–H groups in total. The van der Waals surface area contributed by atoms with Gasteiger partial charge in [0.15, 0.2) is 0 Å². The molecule has 6 heteroatoms. The summed E-state index contributed by atoms with van der Waals surface area (Å²) in [5.74, 6) is -0.182. The van der Waals surface area contributed by atoms with E-state index in [0.29, 0.717) is 16.8 Å². The number of amides is 1. The van der Waals surface area contributed by atoms with E-state index in [-0.39, 0.29) is 16.3 Å². The second kappa shape index (κ2) is 5.34. The first-order valence-corrected chi connectivity index (χ1v) is 9.10. The third-order valence-electron chi connectivity index (χ3n) is 3.90. The molecule has 3 rings (SSSR count). The van der Waals surface area contributed by atoms with Gasteiger partial charge in [0.05, 0.1) is 10.6 Å². The standard InChI is InChI=1S/C18H20N2O3S/c1-18(2,3)19-17(21)12-9-10-15-14(11-12)13-7-5-6-8-16(13)24(22,23)20(15)4/h5-11H,1-4H3,(H,19,21). The van der Waals surface area contributed by atoms with Crippen molar-refractivity contribution >= 4 is 21.6 Å². The molecule has 2 aromatic rings. The average Bonchev–Trinajstić information content (AvgIpc) is 2.51. The molecule has 0 saturated heterocycles. The second-order valence-corrected chi connectivity index (χ2v) is 8.84. The lowest BCUT2D eigenvalue weighted by atomic mass is 9.99. The highest BCUT2D eigenvalue weighted by molar-refractivity contribution is 7.93. The fraction of sp³-hybridized carbons (Fsp3) is 0.278. The maximum atomic E-state index is 12.6. The van der Waals surface area contributed by atoms with Crippen LogP contribution in [0.15, 0.2) is 47.4 Å². The largest absolute Gasteiger partial charge is 0.347 e. The summed E-state index contributed by atoms with van der Waals surface area (Å²) in [6, 6.07) is 11.9. The van der Waals surface area contributed by atoms with Crippen molar-refractivity contribution in [1.82, 2.24) is 5.32 Å². The van der Waals surface area contributed by atoms with Gasteiger partial charge >= 0.3 is 0 Å². The van der Waals surface area contributed by atoms with Crippen molar-refractivity contribution in [2.75, 3.05) is 11.4 Å². The van der Waals surface area contributed by atoms with Gasteiger partial charge in [-0.25, -0.2) is 8.42 Å². The molecule has 0 saturated carbocycles. The fourth-order valence-corrected chi connectivity index (χ4v) is 4.19. The molecule has 0 aliphatic carbocycles. The topological polar surface area (TPSA) is 66.5 Å². The molecule has 1 amide bonds. The monoisotopic (exact) mass is 344 g/mol. The quantitative estimate of drug-likeness (QED) is 0.865. The Bertz CT molecular complexity index is 928. The minimum Gasteiger partial charge on any atom is -0.347 e. The Morgan fingerprint density at radius 3 is 2.38 bits per heavy atom. The lowest BCUT2D eigenvalue weighted by molar-refractivity contribution is 0.0919. The minimum absolute atomic E-state index is 0.182. The Morgan fingerprint density at radius 2 is 1.71 bits per heavy atom.